The molecule has 4 heteroatoms. The van der Waals surface area contributed by atoms with Crippen molar-refractivity contribution < 1.29 is 14.4 Å². The molecule has 1 aromatic carbocycles. The lowest BCUT2D eigenvalue weighted by molar-refractivity contribution is -0.138. The van der Waals surface area contributed by atoms with E-state index in [4.69, 9.17) is 0 Å². The molecular formula is C16H19NO3. The number of hydrogen-bond acceptors (Lipinski definition) is 3. The third-order valence-electron chi connectivity index (χ3n) is 3.67. The van der Waals surface area contributed by atoms with E-state index in [1.165, 1.54) is 0 Å². The lowest BCUT2D eigenvalue weighted by Crippen LogP contribution is -2.35. The minimum atomic E-state index is -0.307. The first kappa shape index (κ1) is 14.4. The van der Waals surface area contributed by atoms with Gasteiger partial charge in [-0.15, -0.1) is 0 Å². The highest BCUT2D eigenvalue weighted by Crippen LogP contribution is 2.20. The zero-order valence-corrected chi connectivity index (χ0v) is 12.1. The molecule has 0 N–H and O–H groups in total. The predicted octanol–water partition coefficient (Wildman–Crippen LogP) is 2.39. The summed E-state index contributed by atoms with van der Waals surface area (Å²) in [7, 11) is 0. The second-order valence-corrected chi connectivity index (χ2v) is 5.62. The van der Waals surface area contributed by atoms with Crippen molar-refractivity contribution in [1.82, 2.24) is 4.90 Å². The molecule has 20 heavy (non-hydrogen) atoms. The van der Waals surface area contributed by atoms with Crippen LogP contribution in [0.4, 0.5) is 0 Å². The summed E-state index contributed by atoms with van der Waals surface area (Å²) >= 11 is 0. The second-order valence-electron chi connectivity index (χ2n) is 5.62. The molecule has 0 bridgehead atoms. The number of amides is 2. The number of ketones is 1. The maximum atomic E-state index is 12.1. The number of carbonyl (C=O) groups is 3. The molecule has 1 heterocycles. The van der Waals surface area contributed by atoms with Crippen molar-refractivity contribution in [2.45, 2.75) is 33.1 Å². The fourth-order valence-corrected chi connectivity index (χ4v) is 2.30. The molecule has 1 fully saturated rings. The quantitative estimate of drug-likeness (QED) is 0.625. The van der Waals surface area contributed by atoms with E-state index in [1.54, 1.807) is 19.1 Å². The van der Waals surface area contributed by atoms with Crippen molar-refractivity contribution in [1.29, 1.82) is 0 Å². The number of benzene rings is 1. The number of imide groups is 1. The Bertz CT molecular complexity index is 545. The summed E-state index contributed by atoms with van der Waals surface area (Å²) < 4.78 is 0. The number of likely N-dealkylation sites (tertiary alicyclic amines) is 1. The molecule has 1 aliphatic rings. The minimum Gasteiger partial charge on any atom is -0.292 e. The highest BCUT2D eigenvalue weighted by Gasteiger charge is 2.36. The van der Waals surface area contributed by atoms with Gasteiger partial charge in [0.25, 0.3) is 0 Å². The van der Waals surface area contributed by atoms with Crippen LogP contribution in [0, 0.1) is 5.92 Å². The zero-order chi connectivity index (χ0) is 14.9. The van der Waals surface area contributed by atoms with E-state index in [1.807, 2.05) is 12.1 Å². The third-order valence-corrected chi connectivity index (χ3v) is 3.67. The molecule has 1 unspecified atom stereocenters. The minimum absolute atomic E-state index is 0.150. The van der Waals surface area contributed by atoms with Crippen molar-refractivity contribution in [3.05, 3.63) is 35.4 Å². The van der Waals surface area contributed by atoms with E-state index >= 15 is 0 Å². The highest BCUT2D eigenvalue weighted by molar-refractivity contribution is 6.08. The summed E-state index contributed by atoms with van der Waals surface area (Å²) in [5, 5.41) is 0. The van der Waals surface area contributed by atoms with Crippen LogP contribution in [-0.2, 0) is 9.59 Å². The van der Waals surface area contributed by atoms with Crippen molar-refractivity contribution in [2.24, 2.45) is 5.92 Å². The first-order valence-corrected chi connectivity index (χ1v) is 6.87. The SMILES string of the molecule is CC1CC(=O)N(CC(=O)c2ccc(C(C)C)cc2)C1=O. The third kappa shape index (κ3) is 2.79. The monoisotopic (exact) mass is 273 g/mol. The van der Waals surface area contributed by atoms with Crippen LogP contribution in [0.1, 0.15) is 49.0 Å². The van der Waals surface area contributed by atoms with Gasteiger partial charge in [-0.05, 0) is 11.5 Å². The van der Waals surface area contributed by atoms with E-state index < -0.39 is 0 Å². The van der Waals surface area contributed by atoms with Gasteiger partial charge in [0.1, 0.15) is 0 Å². The Kier molecular flexibility index (Phi) is 4.02. The molecule has 1 saturated heterocycles. The number of rotatable bonds is 4. The van der Waals surface area contributed by atoms with Gasteiger partial charge in [-0.1, -0.05) is 45.0 Å². The molecule has 0 spiro atoms. The second kappa shape index (κ2) is 5.57. The maximum absolute atomic E-state index is 12.1. The Labute approximate surface area is 118 Å². The Morgan fingerprint density at radius 1 is 1.25 bits per heavy atom. The lowest BCUT2D eigenvalue weighted by atomic mass is 10.0. The molecule has 2 rings (SSSR count). The van der Waals surface area contributed by atoms with Crippen LogP contribution in [0.25, 0.3) is 0 Å². The molecule has 0 aliphatic carbocycles. The number of hydrogen-bond donors (Lipinski definition) is 0. The topological polar surface area (TPSA) is 54.5 Å². The normalized spacial score (nSPS) is 19.0. The Morgan fingerprint density at radius 2 is 1.85 bits per heavy atom. The van der Waals surface area contributed by atoms with Crippen molar-refractivity contribution in [3.8, 4) is 0 Å². The van der Waals surface area contributed by atoms with Gasteiger partial charge < -0.3 is 0 Å². The predicted molar refractivity (Wildman–Crippen MR) is 75.4 cm³/mol. The van der Waals surface area contributed by atoms with Crippen LogP contribution >= 0.6 is 0 Å². The van der Waals surface area contributed by atoms with Gasteiger partial charge in [0.15, 0.2) is 5.78 Å². The van der Waals surface area contributed by atoms with Crippen LogP contribution in [0.2, 0.25) is 0 Å². The van der Waals surface area contributed by atoms with Gasteiger partial charge in [-0.2, -0.15) is 0 Å². The van der Waals surface area contributed by atoms with Gasteiger partial charge in [-0.3, -0.25) is 19.3 Å². The average Bonchev–Trinajstić information content (AvgIpc) is 2.65. The fraction of sp³-hybridized carbons (Fsp3) is 0.438. The molecule has 2 amide bonds. The van der Waals surface area contributed by atoms with Gasteiger partial charge >= 0.3 is 0 Å². The number of Topliss-reactive ketones (excluding diaryl/α,β-unsaturated/α-hetero) is 1. The molecule has 106 valence electrons. The van der Waals surface area contributed by atoms with E-state index in [0.29, 0.717) is 11.5 Å². The molecule has 0 radical (unpaired) electrons. The van der Waals surface area contributed by atoms with Crippen molar-refractivity contribution >= 4 is 17.6 Å². The lowest BCUT2D eigenvalue weighted by Gasteiger charge is -2.13. The number of carbonyl (C=O) groups excluding carboxylic acids is 3. The highest BCUT2D eigenvalue weighted by atomic mass is 16.2. The van der Waals surface area contributed by atoms with Gasteiger partial charge in [0.05, 0.1) is 6.54 Å². The summed E-state index contributed by atoms with van der Waals surface area (Å²) in [4.78, 5) is 36.6. The fourth-order valence-electron chi connectivity index (χ4n) is 2.30. The van der Waals surface area contributed by atoms with Gasteiger partial charge in [0, 0.05) is 17.9 Å². The Morgan fingerprint density at radius 3 is 2.30 bits per heavy atom. The summed E-state index contributed by atoms with van der Waals surface area (Å²) in [6, 6.07) is 7.33. The smallest absolute Gasteiger partial charge is 0.232 e. The van der Waals surface area contributed by atoms with E-state index in [2.05, 4.69) is 13.8 Å². The Balaban J connectivity index is 2.09. The first-order chi connectivity index (χ1) is 9.40. The van der Waals surface area contributed by atoms with Crippen molar-refractivity contribution in [3.63, 3.8) is 0 Å². The Hall–Kier alpha value is -1.97. The molecule has 0 aromatic heterocycles. The molecule has 1 atom stereocenters. The van der Waals surface area contributed by atoms with Gasteiger partial charge in [-0.25, -0.2) is 0 Å². The van der Waals surface area contributed by atoms with E-state index in [9.17, 15) is 14.4 Å². The molecule has 1 aliphatic heterocycles. The van der Waals surface area contributed by atoms with Crippen molar-refractivity contribution in [2.75, 3.05) is 6.54 Å². The van der Waals surface area contributed by atoms with Crippen LogP contribution < -0.4 is 0 Å². The standard InChI is InChI=1S/C16H19NO3/c1-10(2)12-4-6-13(7-5-12)14(18)9-17-15(19)8-11(3)16(17)20/h4-7,10-11H,8-9H2,1-3H3. The van der Waals surface area contributed by atoms with E-state index in [-0.39, 0.29) is 36.5 Å². The zero-order valence-electron chi connectivity index (χ0n) is 12.1. The molecule has 4 nitrogen and oxygen atoms in total. The van der Waals surface area contributed by atoms with Gasteiger partial charge in [0.2, 0.25) is 11.8 Å². The van der Waals surface area contributed by atoms with E-state index in [0.717, 1.165) is 10.5 Å². The average molecular weight is 273 g/mol. The molecule has 0 saturated carbocycles. The largest absolute Gasteiger partial charge is 0.292 e. The van der Waals surface area contributed by atoms with Crippen LogP contribution in [0.3, 0.4) is 0 Å². The van der Waals surface area contributed by atoms with Crippen LogP contribution in [0.15, 0.2) is 24.3 Å². The van der Waals surface area contributed by atoms with Crippen LogP contribution in [-0.4, -0.2) is 29.0 Å². The number of nitrogens with zero attached hydrogens (tertiary/aromatic N) is 1. The molecular weight excluding hydrogens is 254 g/mol. The van der Waals surface area contributed by atoms with Crippen LogP contribution in [0.5, 0.6) is 0 Å². The summed E-state index contributed by atoms with van der Waals surface area (Å²) in [5.41, 5.74) is 1.69. The first-order valence-electron chi connectivity index (χ1n) is 6.87. The summed E-state index contributed by atoms with van der Waals surface area (Å²) in [5.74, 6) is -0.603. The summed E-state index contributed by atoms with van der Waals surface area (Å²) in [6.07, 6.45) is 0.207. The maximum Gasteiger partial charge on any atom is 0.232 e. The molecule has 1 aromatic rings. The summed E-state index contributed by atoms with van der Waals surface area (Å²) in [6.45, 7) is 5.73.